The zero-order chi connectivity index (χ0) is 57.8. The maximum Gasteiger partial charge on any atom is 0.306 e. The van der Waals surface area contributed by atoms with Crippen molar-refractivity contribution >= 4 is 17.9 Å². The monoisotopic (exact) mass is 1120 g/mol. The molecule has 0 spiro atoms. The third-order valence-corrected chi connectivity index (χ3v) is 15.8. The molecule has 466 valence electrons. The molecule has 0 aliphatic heterocycles. The number of hydrogen-bond donors (Lipinski definition) is 0. The largest absolute Gasteiger partial charge is 0.462 e. The second-order valence-electron chi connectivity index (χ2n) is 23.8. The fourth-order valence-electron chi connectivity index (χ4n) is 10.5. The van der Waals surface area contributed by atoms with Gasteiger partial charge in [-0.15, -0.1) is 0 Å². The number of esters is 3. The number of carbonyl (C=O) groups excluding carboxylic acids is 3. The normalized spacial score (nSPS) is 12.4. The van der Waals surface area contributed by atoms with Gasteiger partial charge in [0.15, 0.2) is 6.10 Å². The van der Waals surface area contributed by atoms with Gasteiger partial charge in [-0.05, 0) is 64.2 Å². The van der Waals surface area contributed by atoms with Crippen LogP contribution in [0.15, 0.2) is 60.8 Å². The first-order chi connectivity index (χ1) is 39.5. The molecule has 6 heteroatoms. The van der Waals surface area contributed by atoms with Crippen LogP contribution in [0.25, 0.3) is 0 Å². The van der Waals surface area contributed by atoms with E-state index in [1.54, 1.807) is 0 Å². The SMILES string of the molecule is CC/C=C\C/C=C\C/C=C\C/C=C\C/C=C\CCCCCCCCCCCCCCCC(=O)OCC(COC(=O)CCCCCCCC)OC(=O)CCCCCCCCCCCCCCCCCCCCCCCCCCCCC. The highest BCUT2D eigenvalue weighted by Crippen LogP contribution is 2.19. The van der Waals surface area contributed by atoms with Crippen LogP contribution in [0.4, 0.5) is 0 Å². The maximum absolute atomic E-state index is 12.9. The van der Waals surface area contributed by atoms with Crippen LogP contribution in [0.2, 0.25) is 0 Å². The molecule has 0 fully saturated rings. The Hall–Kier alpha value is -2.89. The van der Waals surface area contributed by atoms with Crippen molar-refractivity contribution in [2.24, 2.45) is 0 Å². The molecule has 1 unspecified atom stereocenters. The summed E-state index contributed by atoms with van der Waals surface area (Å²) in [6.45, 7) is 6.53. The van der Waals surface area contributed by atoms with Crippen LogP contribution in [0, 0.1) is 0 Å². The smallest absolute Gasteiger partial charge is 0.306 e. The lowest BCUT2D eigenvalue weighted by Gasteiger charge is -2.18. The fraction of sp³-hybridized carbons (Fsp3) is 0.824. The van der Waals surface area contributed by atoms with Gasteiger partial charge in [-0.25, -0.2) is 0 Å². The van der Waals surface area contributed by atoms with Gasteiger partial charge in [-0.2, -0.15) is 0 Å². The molecule has 0 aromatic rings. The highest BCUT2D eigenvalue weighted by Gasteiger charge is 2.19. The summed E-state index contributed by atoms with van der Waals surface area (Å²) < 4.78 is 16.9. The Bertz CT molecular complexity index is 1430. The molecule has 0 rings (SSSR count). The van der Waals surface area contributed by atoms with Gasteiger partial charge in [0.05, 0.1) is 0 Å². The van der Waals surface area contributed by atoms with Crippen LogP contribution < -0.4 is 0 Å². The molecule has 1 atom stereocenters. The van der Waals surface area contributed by atoms with Gasteiger partial charge in [-0.1, -0.05) is 351 Å². The average Bonchev–Trinajstić information content (AvgIpc) is 3.46. The van der Waals surface area contributed by atoms with E-state index >= 15 is 0 Å². The first-order valence-corrected chi connectivity index (χ1v) is 35.3. The lowest BCUT2D eigenvalue weighted by atomic mass is 10.0. The molecule has 0 bridgehead atoms. The van der Waals surface area contributed by atoms with Gasteiger partial charge in [0.25, 0.3) is 0 Å². The number of hydrogen-bond acceptors (Lipinski definition) is 6. The van der Waals surface area contributed by atoms with Gasteiger partial charge in [0, 0.05) is 19.3 Å². The predicted molar refractivity (Wildman–Crippen MR) is 348 cm³/mol. The van der Waals surface area contributed by atoms with Crippen molar-refractivity contribution in [3.05, 3.63) is 60.8 Å². The van der Waals surface area contributed by atoms with E-state index in [2.05, 4.69) is 81.5 Å². The second kappa shape index (κ2) is 68.6. The van der Waals surface area contributed by atoms with E-state index in [1.807, 2.05) is 0 Å². The van der Waals surface area contributed by atoms with Gasteiger partial charge >= 0.3 is 17.9 Å². The molecular formula is C74H134O6. The Kier molecular flexibility index (Phi) is 66.1. The molecule has 0 amide bonds. The number of ether oxygens (including phenoxy) is 3. The summed E-state index contributed by atoms with van der Waals surface area (Å²) in [6.07, 6.45) is 88.7. The number of carbonyl (C=O) groups is 3. The van der Waals surface area contributed by atoms with E-state index < -0.39 is 6.10 Å². The molecule has 0 aliphatic rings. The van der Waals surface area contributed by atoms with Crippen molar-refractivity contribution in [2.45, 2.75) is 380 Å². The summed E-state index contributed by atoms with van der Waals surface area (Å²) in [7, 11) is 0. The molecule has 0 saturated carbocycles. The highest BCUT2D eigenvalue weighted by molar-refractivity contribution is 5.71. The topological polar surface area (TPSA) is 78.9 Å². The minimum atomic E-state index is -0.769. The van der Waals surface area contributed by atoms with Crippen LogP contribution in [0.3, 0.4) is 0 Å². The third kappa shape index (κ3) is 65.9. The van der Waals surface area contributed by atoms with Crippen LogP contribution in [0.1, 0.15) is 374 Å². The lowest BCUT2D eigenvalue weighted by molar-refractivity contribution is -0.167. The highest BCUT2D eigenvalue weighted by atomic mass is 16.6. The van der Waals surface area contributed by atoms with Crippen LogP contribution in [0.5, 0.6) is 0 Å². The zero-order valence-corrected chi connectivity index (χ0v) is 53.6. The van der Waals surface area contributed by atoms with Crippen molar-refractivity contribution in [1.29, 1.82) is 0 Å². The second-order valence-corrected chi connectivity index (χ2v) is 23.8. The Morgan fingerprint density at radius 1 is 0.263 bits per heavy atom. The summed E-state index contributed by atoms with van der Waals surface area (Å²) in [4.78, 5) is 38.1. The van der Waals surface area contributed by atoms with Crippen molar-refractivity contribution < 1.29 is 28.6 Å². The summed E-state index contributed by atoms with van der Waals surface area (Å²) in [5.74, 6) is -0.858. The summed E-state index contributed by atoms with van der Waals surface area (Å²) in [6, 6.07) is 0. The number of rotatable bonds is 65. The van der Waals surface area contributed by atoms with E-state index in [0.29, 0.717) is 19.3 Å². The van der Waals surface area contributed by atoms with Crippen LogP contribution in [-0.2, 0) is 28.6 Å². The summed E-state index contributed by atoms with van der Waals surface area (Å²) in [5, 5.41) is 0. The molecule has 0 aromatic heterocycles. The Morgan fingerprint density at radius 3 is 0.762 bits per heavy atom. The van der Waals surface area contributed by atoms with E-state index in [-0.39, 0.29) is 31.1 Å². The Balaban J connectivity index is 3.99. The van der Waals surface area contributed by atoms with Crippen molar-refractivity contribution in [1.82, 2.24) is 0 Å². The van der Waals surface area contributed by atoms with Crippen molar-refractivity contribution in [2.75, 3.05) is 13.2 Å². The molecule has 6 nitrogen and oxygen atoms in total. The minimum absolute atomic E-state index is 0.0698. The first kappa shape index (κ1) is 77.1. The van der Waals surface area contributed by atoms with Gasteiger partial charge in [-0.3, -0.25) is 14.4 Å². The Morgan fingerprint density at radius 2 is 0.487 bits per heavy atom. The quantitative estimate of drug-likeness (QED) is 0.0261. The molecule has 0 aromatic carbocycles. The Labute approximate surface area is 498 Å². The molecule has 80 heavy (non-hydrogen) atoms. The van der Waals surface area contributed by atoms with Crippen molar-refractivity contribution in [3.8, 4) is 0 Å². The van der Waals surface area contributed by atoms with E-state index in [9.17, 15) is 14.4 Å². The summed E-state index contributed by atoms with van der Waals surface area (Å²) in [5.41, 5.74) is 0. The minimum Gasteiger partial charge on any atom is -0.462 e. The van der Waals surface area contributed by atoms with Gasteiger partial charge in [0.2, 0.25) is 0 Å². The van der Waals surface area contributed by atoms with E-state index in [1.165, 1.54) is 244 Å². The van der Waals surface area contributed by atoms with E-state index in [4.69, 9.17) is 14.2 Å². The molecule has 0 saturated heterocycles. The van der Waals surface area contributed by atoms with Crippen LogP contribution >= 0.6 is 0 Å². The predicted octanol–water partition coefficient (Wildman–Crippen LogP) is 24.3. The fourth-order valence-corrected chi connectivity index (χ4v) is 10.5. The van der Waals surface area contributed by atoms with Gasteiger partial charge < -0.3 is 14.2 Å². The lowest BCUT2D eigenvalue weighted by Crippen LogP contribution is -2.30. The zero-order valence-electron chi connectivity index (χ0n) is 53.6. The first-order valence-electron chi connectivity index (χ1n) is 35.3. The van der Waals surface area contributed by atoms with Crippen LogP contribution in [-0.4, -0.2) is 37.2 Å². The molecule has 0 N–H and O–H groups in total. The molecular weight excluding hydrogens is 985 g/mol. The van der Waals surface area contributed by atoms with E-state index in [0.717, 1.165) is 89.9 Å². The molecule has 0 radical (unpaired) electrons. The van der Waals surface area contributed by atoms with Crippen molar-refractivity contribution in [3.63, 3.8) is 0 Å². The summed E-state index contributed by atoms with van der Waals surface area (Å²) >= 11 is 0. The standard InChI is InChI=1S/C74H134O6/c1-4-7-10-13-16-18-20-22-24-26-28-30-32-34-36-37-39-40-42-44-46-48-50-52-54-56-58-61-64-67-73(76)79-70-71(69-78-72(75)66-63-60-15-12-9-6-3)80-74(77)68-65-62-59-57-55-53-51-49-47-45-43-41-38-35-33-31-29-27-25-23-21-19-17-14-11-8-5-2/h7,10,16,18,22,24,28,30,34,36,71H,4-6,8-9,11-15,17,19-21,23,25-27,29,31-33,35,37-70H2,1-3H3/b10-7-,18-16-,24-22-,30-28-,36-34-. The number of unbranched alkanes of at least 4 members (excludes halogenated alkanes) is 44. The number of allylic oxidation sites excluding steroid dienone is 10. The molecule has 0 aliphatic carbocycles. The average molecular weight is 1120 g/mol. The molecule has 0 heterocycles. The third-order valence-electron chi connectivity index (χ3n) is 15.8. The van der Waals surface area contributed by atoms with Gasteiger partial charge in [0.1, 0.15) is 13.2 Å². The maximum atomic E-state index is 12.9.